The highest BCUT2D eigenvalue weighted by molar-refractivity contribution is 9.10. The third-order valence-electron chi connectivity index (χ3n) is 0.854. The van der Waals surface area contributed by atoms with E-state index in [4.69, 9.17) is 5.73 Å². The lowest BCUT2D eigenvalue weighted by molar-refractivity contribution is 0.259. The molecule has 0 aliphatic heterocycles. The van der Waals surface area contributed by atoms with Gasteiger partial charge in [-0.15, -0.1) is 23.7 Å². The number of carbonyl (C=O) groups excluding carboxylic acids is 1. The zero-order valence-corrected chi connectivity index (χ0v) is 8.55. The van der Waals surface area contributed by atoms with Crippen molar-refractivity contribution in [3.8, 4) is 0 Å². The summed E-state index contributed by atoms with van der Waals surface area (Å²) in [5.74, 6) is 0. The fourth-order valence-electron chi connectivity index (χ4n) is 0.495. The van der Waals surface area contributed by atoms with Crippen molar-refractivity contribution in [2.24, 2.45) is 5.73 Å². The normalized spacial score (nSPS) is 8.45. The zero-order valence-electron chi connectivity index (χ0n) is 5.33. The summed E-state index contributed by atoms with van der Waals surface area (Å²) in [6.07, 6.45) is 0. The molecule has 0 aliphatic carbocycles. The Morgan fingerprint density at radius 3 is 2.73 bits per heavy atom. The van der Waals surface area contributed by atoms with Crippen molar-refractivity contribution in [3.05, 3.63) is 15.9 Å². The smallest absolute Gasteiger partial charge is 0.317 e. The largest absolute Gasteiger partial charge is 0.351 e. The summed E-state index contributed by atoms with van der Waals surface area (Å²) in [5.41, 5.74) is 4.89. The molecule has 11 heavy (non-hydrogen) atoms. The number of halogens is 2. The first-order valence-corrected chi connectivity index (χ1v) is 4.17. The lowest BCUT2D eigenvalue weighted by Gasteiger charge is -1.95. The molecular weight excluding hydrogens is 251 g/mol. The van der Waals surface area contributed by atoms with Gasteiger partial charge >= 0.3 is 6.03 Å². The second-order valence-electron chi connectivity index (χ2n) is 1.59. The van der Waals surface area contributed by atoms with Gasteiger partial charge < -0.3 is 5.73 Å². The van der Waals surface area contributed by atoms with E-state index in [9.17, 15) is 4.79 Å². The van der Waals surface area contributed by atoms with Gasteiger partial charge in [-0.25, -0.2) is 4.79 Å². The van der Waals surface area contributed by atoms with Gasteiger partial charge in [0.25, 0.3) is 0 Å². The Hall–Kier alpha value is -0.260. The first kappa shape index (κ1) is 10.7. The van der Waals surface area contributed by atoms with E-state index < -0.39 is 6.03 Å². The zero-order chi connectivity index (χ0) is 7.56. The fourth-order valence-corrected chi connectivity index (χ4v) is 1.86. The predicted molar refractivity (Wildman–Crippen MR) is 52.5 cm³/mol. The number of nitrogens with two attached hydrogens (primary N) is 1. The topological polar surface area (TPSA) is 55.1 Å². The molecule has 6 heteroatoms. The number of nitrogens with one attached hydrogen (secondary N) is 1. The van der Waals surface area contributed by atoms with Crippen LogP contribution in [0.2, 0.25) is 0 Å². The van der Waals surface area contributed by atoms with Crippen molar-refractivity contribution in [2.45, 2.75) is 0 Å². The fraction of sp³-hybridized carbons (Fsp3) is 0. The number of urea groups is 1. The highest BCUT2D eigenvalue weighted by Crippen LogP contribution is 2.27. The van der Waals surface area contributed by atoms with Crippen LogP contribution in [0.1, 0.15) is 0 Å². The van der Waals surface area contributed by atoms with Gasteiger partial charge in [0.2, 0.25) is 0 Å². The predicted octanol–water partition coefficient (Wildman–Crippen LogP) is 2.42. The summed E-state index contributed by atoms with van der Waals surface area (Å²) in [6.45, 7) is 0. The molecule has 2 amide bonds. The molecule has 0 fully saturated rings. The Kier molecular flexibility index (Phi) is 4.48. The average Bonchev–Trinajstić information content (AvgIpc) is 2.15. The van der Waals surface area contributed by atoms with E-state index in [-0.39, 0.29) is 12.4 Å². The summed E-state index contributed by atoms with van der Waals surface area (Å²) in [5, 5.41) is 5.06. The maximum absolute atomic E-state index is 10.3. The van der Waals surface area contributed by atoms with E-state index in [2.05, 4.69) is 21.2 Å². The van der Waals surface area contributed by atoms with Crippen LogP contribution in [0, 0.1) is 0 Å². The average molecular weight is 258 g/mol. The molecule has 0 unspecified atom stereocenters. The lowest BCUT2D eigenvalue weighted by atomic mass is 10.6. The summed E-state index contributed by atoms with van der Waals surface area (Å²) >= 11 is 4.65. The SMILES string of the molecule is Cl.NC(=O)Nc1sccc1Br. The molecule has 0 atom stereocenters. The molecule has 1 aromatic rings. The van der Waals surface area contributed by atoms with Crippen molar-refractivity contribution in [3.63, 3.8) is 0 Å². The number of primary amides is 1. The van der Waals surface area contributed by atoms with Crippen LogP contribution >= 0.6 is 39.7 Å². The Balaban J connectivity index is 0.000001000. The number of amides is 2. The van der Waals surface area contributed by atoms with Gasteiger partial charge in [-0.1, -0.05) is 0 Å². The van der Waals surface area contributed by atoms with Crippen molar-refractivity contribution in [2.75, 3.05) is 5.32 Å². The minimum absolute atomic E-state index is 0. The molecule has 0 aromatic carbocycles. The maximum atomic E-state index is 10.3. The van der Waals surface area contributed by atoms with E-state index in [1.807, 2.05) is 11.4 Å². The van der Waals surface area contributed by atoms with Crippen LogP contribution in [0.3, 0.4) is 0 Å². The van der Waals surface area contributed by atoms with Crippen LogP contribution < -0.4 is 11.1 Å². The highest BCUT2D eigenvalue weighted by atomic mass is 79.9. The second kappa shape index (κ2) is 4.58. The number of rotatable bonds is 1. The van der Waals surface area contributed by atoms with Crippen molar-refractivity contribution >= 4 is 50.7 Å². The van der Waals surface area contributed by atoms with Gasteiger partial charge in [-0.05, 0) is 27.4 Å². The quantitative estimate of drug-likeness (QED) is 0.797. The van der Waals surface area contributed by atoms with Crippen LogP contribution in [0.25, 0.3) is 0 Å². The number of anilines is 1. The van der Waals surface area contributed by atoms with E-state index >= 15 is 0 Å². The Morgan fingerprint density at radius 2 is 2.36 bits per heavy atom. The molecule has 0 spiro atoms. The van der Waals surface area contributed by atoms with E-state index in [0.717, 1.165) is 9.47 Å². The van der Waals surface area contributed by atoms with Crippen LogP contribution in [-0.2, 0) is 0 Å². The highest BCUT2D eigenvalue weighted by Gasteiger charge is 2.01. The van der Waals surface area contributed by atoms with Crippen LogP contribution in [0.5, 0.6) is 0 Å². The van der Waals surface area contributed by atoms with Crippen LogP contribution in [0.4, 0.5) is 9.80 Å². The van der Waals surface area contributed by atoms with Gasteiger partial charge in [-0.3, -0.25) is 5.32 Å². The van der Waals surface area contributed by atoms with Gasteiger partial charge in [0.15, 0.2) is 0 Å². The number of carbonyl (C=O) groups is 1. The standard InChI is InChI=1S/C5H5BrN2OS.ClH/c6-3-1-2-10-4(3)8-5(7)9;/h1-2H,(H3,7,8,9);1H. The van der Waals surface area contributed by atoms with Gasteiger partial charge in [0, 0.05) is 0 Å². The number of hydrogen-bond acceptors (Lipinski definition) is 2. The first-order valence-electron chi connectivity index (χ1n) is 2.49. The summed E-state index contributed by atoms with van der Waals surface area (Å²) in [6, 6.07) is 1.30. The van der Waals surface area contributed by atoms with Crippen molar-refractivity contribution < 1.29 is 4.79 Å². The summed E-state index contributed by atoms with van der Waals surface area (Å²) in [7, 11) is 0. The molecular formula is C5H6BrClN2OS. The Morgan fingerprint density at radius 1 is 1.73 bits per heavy atom. The van der Waals surface area contributed by atoms with E-state index in [0.29, 0.717) is 0 Å². The Labute approximate surface area is 82.5 Å². The first-order chi connectivity index (χ1) is 4.70. The second-order valence-corrected chi connectivity index (χ2v) is 3.36. The molecule has 0 radical (unpaired) electrons. The van der Waals surface area contributed by atoms with Gasteiger partial charge in [0.05, 0.1) is 4.47 Å². The van der Waals surface area contributed by atoms with Crippen LogP contribution in [-0.4, -0.2) is 6.03 Å². The third kappa shape index (κ3) is 3.09. The van der Waals surface area contributed by atoms with Gasteiger partial charge in [0.1, 0.15) is 5.00 Å². The third-order valence-corrected chi connectivity index (χ3v) is 2.61. The van der Waals surface area contributed by atoms with Crippen LogP contribution in [0.15, 0.2) is 15.9 Å². The minimum atomic E-state index is -0.539. The Bertz CT molecular complexity index is 252. The number of hydrogen-bond donors (Lipinski definition) is 2. The molecule has 0 saturated carbocycles. The molecule has 0 saturated heterocycles. The van der Waals surface area contributed by atoms with E-state index in [1.54, 1.807) is 0 Å². The van der Waals surface area contributed by atoms with Crippen molar-refractivity contribution in [1.29, 1.82) is 0 Å². The van der Waals surface area contributed by atoms with E-state index in [1.165, 1.54) is 11.3 Å². The summed E-state index contributed by atoms with van der Waals surface area (Å²) in [4.78, 5) is 10.3. The maximum Gasteiger partial charge on any atom is 0.317 e. The minimum Gasteiger partial charge on any atom is -0.351 e. The summed E-state index contributed by atoms with van der Waals surface area (Å²) < 4.78 is 0.858. The molecule has 1 heterocycles. The molecule has 0 aliphatic rings. The molecule has 1 aromatic heterocycles. The molecule has 0 bridgehead atoms. The molecule has 3 nitrogen and oxygen atoms in total. The van der Waals surface area contributed by atoms with Crippen molar-refractivity contribution in [1.82, 2.24) is 0 Å². The monoisotopic (exact) mass is 256 g/mol. The number of thiophene rings is 1. The molecule has 62 valence electrons. The molecule has 1 rings (SSSR count). The molecule has 3 N–H and O–H groups in total. The lowest BCUT2D eigenvalue weighted by Crippen LogP contribution is -2.18. The van der Waals surface area contributed by atoms with Gasteiger partial charge in [-0.2, -0.15) is 0 Å².